The minimum atomic E-state index is -4.79. The van der Waals surface area contributed by atoms with E-state index in [1.165, 1.54) is 24.3 Å². The summed E-state index contributed by atoms with van der Waals surface area (Å²) < 4.78 is 63.8. The molecule has 0 aliphatic rings. The van der Waals surface area contributed by atoms with Crippen molar-refractivity contribution in [1.29, 1.82) is 0 Å². The summed E-state index contributed by atoms with van der Waals surface area (Å²) in [5.41, 5.74) is 1.75. The number of carbonyl (C=O) groups is 1. The van der Waals surface area contributed by atoms with E-state index in [-0.39, 0.29) is 11.3 Å². The molecule has 0 saturated heterocycles. The number of aromatic carboxylic acids is 1. The molecule has 2 aromatic rings. The zero-order chi connectivity index (χ0) is 21.9. The predicted molar refractivity (Wildman–Crippen MR) is 108 cm³/mol. The molecule has 2 atom stereocenters. The lowest BCUT2D eigenvalue weighted by Crippen LogP contribution is -2.49. The standard InChI is InChI=1S/C19H20F3NO4S2/c1-11-7-12(2)17(13(3)8-11)23(29(26)27)16(19(20,21)22)10-28-15-6-4-5-14(9-15)18(24)25/h4-9,16H,10H2,1-3H3,(H,24,25)(H,26,27). The summed E-state index contributed by atoms with van der Waals surface area (Å²) >= 11 is -2.15. The lowest BCUT2D eigenvalue weighted by atomic mass is 10.0. The summed E-state index contributed by atoms with van der Waals surface area (Å²) in [6.07, 6.45) is -4.79. The van der Waals surface area contributed by atoms with Gasteiger partial charge in [0.1, 0.15) is 6.04 Å². The van der Waals surface area contributed by atoms with E-state index in [0.29, 0.717) is 20.3 Å². The van der Waals surface area contributed by atoms with Gasteiger partial charge in [-0.3, -0.25) is 8.86 Å². The summed E-state index contributed by atoms with van der Waals surface area (Å²) in [6.45, 7) is 4.97. The molecule has 0 heterocycles. The van der Waals surface area contributed by atoms with Gasteiger partial charge in [-0.05, 0) is 50.1 Å². The number of benzene rings is 2. The van der Waals surface area contributed by atoms with Gasteiger partial charge < -0.3 is 5.11 Å². The van der Waals surface area contributed by atoms with Crippen LogP contribution < -0.4 is 4.31 Å². The minimum absolute atomic E-state index is 0.0497. The topological polar surface area (TPSA) is 77.8 Å². The fourth-order valence-corrected chi connectivity index (χ4v) is 5.08. The van der Waals surface area contributed by atoms with E-state index in [2.05, 4.69) is 0 Å². The number of carboxylic acid groups (broad SMARTS) is 1. The molecule has 2 unspecified atom stereocenters. The third kappa shape index (κ3) is 5.74. The number of thioether (sulfide) groups is 1. The molecular weight excluding hydrogens is 427 g/mol. The molecule has 0 fully saturated rings. The van der Waals surface area contributed by atoms with Crippen LogP contribution in [0.3, 0.4) is 0 Å². The second kappa shape index (κ2) is 9.19. The molecule has 29 heavy (non-hydrogen) atoms. The summed E-state index contributed by atoms with van der Waals surface area (Å²) in [4.78, 5) is 11.4. The van der Waals surface area contributed by atoms with Gasteiger partial charge in [0.05, 0.1) is 11.3 Å². The predicted octanol–water partition coefficient (Wildman–Crippen LogP) is 4.98. The van der Waals surface area contributed by atoms with Crippen molar-refractivity contribution in [3.63, 3.8) is 0 Å². The fourth-order valence-electron chi connectivity index (χ4n) is 3.05. The van der Waals surface area contributed by atoms with E-state index in [1.807, 2.05) is 0 Å². The van der Waals surface area contributed by atoms with Crippen LogP contribution in [0, 0.1) is 20.8 Å². The highest BCUT2D eigenvalue weighted by Crippen LogP contribution is 2.37. The highest BCUT2D eigenvalue weighted by Gasteiger charge is 2.46. The number of alkyl halides is 3. The van der Waals surface area contributed by atoms with E-state index >= 15 is 0 Å². The van der Waals surface area contributed by atoms with Crippen molar-refractivity contribution in [2.45, 2.75) is 37.9 Å². The Morgan fingerprint density at radius 3 is 2.24 bits per heavy atom. The smallest absolute Gasteiger partial charge is 0.410 e. The van der Waals surface area contributed by atoms with Gasteiger partial charge in [-0.15, -0.1) is 11.8 Å². The van der Waals surface area contributed by atoms with Crippen LogP contribution in [-0.4, -0.2) is 37.8 Å². The number of rotatable bonds is 7. The number of halogens is 3. The van der Waals surface area contributed by atoms with Crippen molar-refractivity contribution in [1.82, 2.24) is 0 Å². The van der Waals surface area contributed by atoms with E-state index in [0.717, 1.165) is 17.3 Å². The maximum absolute atomic E-state index is 13.9. The zero-order valence-electron chi connectivity index (χ0n) is 15.9. The zero-order valence-corrected chi connectivity index (χ0v) is 17.5. The molecular formula is C19H20F3NO4S2. The van der Waals surface area contributed by atoms with Crippen molar-refractivity contribution < 1.29 is 31.8 Å². The first-order chi connectivity index (χ1) is 13.4. The van der Waals surface area contributed by atoms with E-state index in [4.69, 9.17) is 5.11 Å². The van der Waals surface area contributed by atoms with Gasteiger partial charge in [0.2, 0.25) is 0 Å². The van der Waals surface area contributed by atoms with Gasteiger partial charge >= 0.3 is 12.1 Å². The van der Waals surface area contributed by atoms with Gasteiger partial charge in [0, 0.05) is 10.6 Å². The maximum atomic E-state index is 13.9. The van der Waals surface area contributed by atoms with Crippen LogP contribution in [0.25, 0.3) is 0 Å². The van der Waals surface area contributed by atoms with Crippen LogP contribution in [0.2, 0.25) is 0 Å². The number of hydrogen-bond donors (Lipinski definition) is 2. The van der Waals surface area contributed by atoms with E-state index in [9.17, 15) is 26.7 Å². The molecule has 0 spiro atoms. The molecule has 0 aromatic heterocycles. The molecule has 0 saturated carbocycles. The Bertz CT molecular complexity index is 911. The quantitative estimate of drug-likeness (QED) is 0.463. The molecule has 0 aliphatic heterocycles. The van der Waals surface area contributed by atoms with Crippen LogP contribution in [-0.2, 0) is 11.3 Å². The summed E-state index contributed by atoms with van der Waals surface area (Å²) in [6, 6.07) is 6.58. The summed E-state index contributed by atoms with van der Waals surface area (Å²) in [7, 11) is 0. The fraction of sp³-hybridized carbons (Fsp3) is 0.316. The highest BCUT2D eigenvalue weighted by molar-refractivity contribution is 7.99. The SMILES string of the molecule is Cc1cc(C)c(N(C(CSc2cccc(C(=O)O)c2)C(F)(F)F)S(=O)O)c(C)c1. The van der Waals surface area contributed by atoms with Crippen molar-refractivity contribution in [2.75, 3.05) is 10.1 Å². The number of anilines is 1. The van der Waals surface area contributed by atoms with Gasteiger partial charge in [-0.25, -0.2) is 9.00 Å². The molecule has 0 radical (unpaired) electrons. The molecule has 2 rings (SSSR count). The normalized spacial score (nSPS) is 13.8. The molecule has 2 aromatic carbocycles. The summed E-state index contributed by atoms with van der Waals surface area (Å²) in [5.74, 6) is -1.78. The summed E-state index contributed by atoms with van der Waals surface area (Å²) in [5, 5.41) is 9.04. The molecule has 0 amide bonds. The average molecular weight is 448 g/mol. The lowest BCUT2D eigenvalue weighted by molar-refractivity contribution is -0.140. The van der Waals surface area contributed by atoms with Gasteiger partial charge in [0.15, 0.2) is 0 Å². The Hall–Kier alpha value is -2.04. The minimum Gasteiger partial charge on any atom is -0.478 e. The van der Waals surface area contributed by atoms with Crippen LogP contribution >= 0.6 is 11.8 Å². The third-order valence-electron chi connectivity index (χ3n) is 4.17. The van der Waals surface area contributed by atoms with Crippen molar-refractivity contribution >= 4 is 34.7 Å². The Labute approximate surface area is 173 Å². The number of aryl methyl sites for hydroxylation is 3. The highest BCUT2D eigenvalue weighted by atomic mass is 32.2. The van der Waals surface area contributed by atoms with E-state index < -0.39 is 35.2 Å². The maximum Gasteiger partial charge on any atom is 0.410 e. The molecule has 0 aliphatic carbocycles. The van der Waals surface area contributed by atoms with Crippen LogP contribution in [0.4, 0.5) is 18.9 Å². The Morgan fingerprint density at radius 2 is 1.76 bits per heavy atom. The van der Waals surface area contributed by atoms with Gasteiger partial charge in [-0.2, -0.15) is 13.2 Å². The largest absolute Gasteiger partial charge is 0.478 e. The molecule has 5 nitrogen and oxygen atoms in total. The van der Waals surface area contributed by atoms with Crippen LogP contribution in [0.15, 0.2) is 41.3 Å². The number of hydrogen-bond acceptors (Lipinski definition) is 3. The van der Waals surface area contributed by atoms with Gasteiger partial charge in [-0.1, -0.05) is 23.8 Å². The molecule has 10 heteroatoms. The second-order valence-corrected chi connectivity index (χ2v) is 8.45. The first-order valence-electron chi connectivity index (χ1n) is 8.42. The first kappa shape index (κ1) is 23.2. The van der Waals surface area contributed by atoms with Crippen LogP contribution in [0.5, 0.6) is 0 Å². The molecule has 158 valence electrons. The first-order valence-corrected chi connectivity index (χ1v) is 10.5. The number of carboxylic acids is 1. The monoisotopic (exact) mass is 447 g/mol. The van der Waals surface area contributed by atoms with Crippen molar-refractivity contribution in [2.24, 2.45) is 0 Å². The molecule has 0 bridgehead atoms. The lowest BCUT2D eigenvalue weighted by Gasteiger charge is -2.33. The van der Waals surface area contributed by atoms with Gasteiger partial charge in [0.25, 0.3) is 11.3 Å². The van der Waals surface area contributed by atoms with Crippen LogP contribution in [0.1, 0.15) is 27.0 Å². The van der Waals surface area contributed by atoms with Crippen molar-refractivity contribution in [3.05, 3.63) is 58.7 Å². The van der Waals surface area contributed by atoms with Crippen molar-refractivity contribution in [3.8, 4) is 0 Å². The number of nitrogens with zero attached hydrogens (tertiary/aromatic N) is 1. The molecule has 2 N–H and O–H groups in total. The Morgan fingerprint density at radius 1 is 1.17 bits per heavy atom. The van der Waals surface area contributed by atoms with E-state index in [1.54, 1.807) is 32.9 Å². The Balaban J connectivity index is 2.43. The second-order valence-electron chi connectivity index (χ2n) is 6.51. The average Bonchev–Trinajstić information content (AvgIpc) is 2.58. The third-order valence-corrected chi connectivity index (χ3v) is 6.02. The Kier molecular flexibility index (Phi) is 7.36.